The van der Waals surface area contributed by atoms with Crippen molar-refractivity contribution in [3.63, 3.8) is 0 Å². The van der Waals surface area contributed by atoms with Gasteiger partial charge in [0.25, 0.3) is 5.56 Å². The predicted molar refractivity (Wildman–Crippen MR) is 67.0 cm³/mol. The first-order chi connectivity index (χ1) is 8.08. The number of nitrogens with zero attached hydrogens (tertiary/aromatic N) is 1. The van der Waals surface area contributed by atoms with Crippen LogP contribution in [0.5, 0.6) is 11.5 Å². The number of benzene rings is 1. The molecule has 2 rings (SSSR count). The van der Waals surface area contributed by atoms with Crippen molar-refractivity contribution in [1.82, 2.24) is 4.57 Å². The second kappa shape index (κ2) is 4.13. The third-order valence-electron chi connectivity index (χ3n) is 2.89. The minimum absolute atomic E-state index is 0.0356. The van der Waals surface area contributed by atoms with Gasteiger partial charge in [0, 0.05) is 13.2 Å². The molecule has 0 unspecified atom stereocenters. The summed E-state index contributed by atoms with van der Waals surface area (Å²) in [5, 5.41) is 1.54. The average molecular weight is 233 g/mol. The zero-order valence-corrected chi connectivity index (χ0v) is 10.4. The molecule has 0 aliphatic carbocycles. The van der Waals surface area contributed by atoms with E-state index in [1.165, 1.54) is 0 Å². The van der Waals surface area contributed by atoms with Crippen molar-refractivity contribution in [2.24, 2.45) is 7.05 Å². The molecular formula is C13H15NO3. The minimum atomic E-state index is -0.0356. The molecule has 2 aromatic rings. The smallest absolute Gasteiger partial charge is 0.258 e. The van der Waals surface area contributed by atoms with Crippen LogP contribution in [0.15, 0.2) is 23.1 Å². The van der Waals surface area contributed by atoms with E-state index in [2.05, 4.69) is 0 Å². The van der Waals surface area contributed by atoms with Gasteiger partial charge in [0.15, 0.2) is 11.5 Å². The fourth-order valence-electron chi connectivity index (χ4n) is 1.99. The van der Waals surface area contributed by atoms with Crippen LogP contribution >= 0.6 is 0 Å². The van der Waals surface area contributed by atoms with E-state index in [1.54, 1.807) is 31.9 Å². The van der Waals surface area contributed by atoms with E-state index in [0.29, 0.717) is 16.9 Å². The summed E-state index contributed by atoms with van der Waals surface area (Å²) in [4.78, 5) is 12.0. The maximum atomic E-state index is 12.0. The molecule has 4 heteroatoms. The predicted octanol–water partition coefficient (Wildman–Crippen LogP) is 1.86. The number of aryl methyl sites for hydroxylation is 2. The van der Waals surface area contributed by atoms with E-state index in [0.717, 1.165) is 10.9 Å². The Morgan fingerprint density at radius 1 is 1.06 bits per heavy atom. The number of pyridine rings is 1. The molecule has 90 valence electrons. The fraction of sp³-hybridized carbons (Fsp3) is 0.308. The van der Waals surface area contributed by atoms with Gasteiger partial charge in [-0.3, -0.25) is 4.79 Å². The van der Waals surface area contributed by atoms with Crippen LogP contribution in [-0.4, -0.2) is 18.8 Å². The highest BCUT2D eigenvalue weighted by atomic mass is 16.5. The topological polar surface area (TPSA) is 40.5 Å². The SMILES string of the molecule is COc1cc2c(C)cn(C)c(=O)c2cc1OC. The van der Waals surface area contributed by atoms with Crippen molar-refractivity contribution in [3.8, 4) is 11.5 Å². The van der Waals surface area contributed by atoms with Crippen LogP contribution in [-0.2, 0) is 7.05 Å². The van der Waals surface area contributed by atoms with Crippen molar-refractivity contribution >= 4 is 10.8 Å². The number of methoxy groups -OCH3 is 2. The maximum absolute atomic E-state index is 12.0. The normalized spacial score (nSPS) is 10.6. The second-order valence-electron chi connectivity index (χ2n) is 3.98. The molecule has 0 saturated heterocycles. The van der Waals surface area contributed by atoms with Gasteiger partial charge in [-0.15, -0.1) is 0 Å². The standard InChI is InChI=1S/C13H15NO3/c1-8-7-14(2)13(15)10-6-12(17-4)11(16-3)5-9(8)10/h5-7H,1-4H3. The highest BCUT2D eigenvalue weighted by Crippen LogP contribution is 2.31. The van der Waals surface area contributed by atoms with Crippen LogP contribution in [0.1, 0.15) is 5.56 Å². The lowest BCUT2D eigenvalue weighted by atomic mass is 10.1. The summed E-state index contributed by atoms with van der Waals surface area (Å²) < 4.78 is 12.0. The summed E-state index contributed by atoms with van der Waals surface area (Å²) >= 11 is 0. The van der Waals surface area contributed by atoms with Gasteiger partial charge in [0.05, 0.1) is 19.6 Å². The number of fused-ring (bicyclic) bond motifs is 1. The molecule has 0 saturated carbocycles. The van der Waals surface area contributed by atoms with Crippen LogP contribution in [0.3, 0.4) is 0 Å². The number of ether oxygens (including phenoxy) is 2. The van der Waals surface area contributed by atoms with Gasteiger partial charge in [-0.1, -0.05) is 0 Å². The van der Waals surface area contributed by atoms with E-state index < -0.39 is 0 Å². The fourth-order valence-corrected chi connectivity index (χ4v) is 1.99. The maximum Gasteiger partial charge on any atom is 0.258 e. The van der Waals surface area contributed by atoms with Crippen LogP contribution in [0.25, 0.3) is 10.8 Å². The first-order valence-corrected chi connectivity index (χ1v) is 5.30. The van der Waals surface area contributed by atoms with Gasteiger partial charge < -0.3 is 14.0 Å². The minimum Gasteiger partial charge on any atom is -0.493 e. The Morgan fingerprint density at radius 2 is 1.59 bits per heavy atom. The van der Waals surface area contributed by atoms with Crippen molar-refractivity contribution in [1.29, 1.82) is 0 Å². The van der Waals surface area contributed by atoms with E-state index in [4.69, 9.17) is 9.47 Å². The van der Waals surface area contributed by atoms with E-state index in [-0.39, 0.29) is 5.56 Å². The number of hydrogen-bond donors (Lipinski definition) is 0. The summed E-state index contributed by atoms with van der Waals surface area (Å²) in [6, 6.07) is 3.56. The van der Waals surface area contributed by atoms with E-state index >= 15 is 0 Å². The Labute approximate surface area is 99.4 Å². The molecule has 0 amide bonds. The highest BCUT2D eigenvalue weighted by molar-refractivity contribution is 5.87. The molecule has 0 spiro atoms. The first-order valence-electron chi connectivity index (χ1n) is 5.30. The lowest BCUT2D eigenvalue weighted by molar-refractivity contribution is 0.356. The molecule has 0 aliphatic rings. The van der Waals surface area contributed by atoms with Gasteiger partial charge in [0.2, 0.25) is 0 Å². The average Bonchev–Trinajstić information content (AvgIpc) is 2.34. The molecule has 1 aromatic heterocycles. The second-order valence-corrected chi connectivity index (χ2v) is 3.98. The highest BCUT2D eigenvalue weighted by Gasteiger charge is 2.10. The zero-order chi connectivity index (χ0) is 12.6. The van der Waals surface area contributed by atoms with Crippen molar-refractivity contribution in [2.45, 2.75) is 6.92 Å². The van der Waals surface area contributed by atoms with Gasteiger partial charge in [-0.2, -0.15) is 0 Å². The van der Waals surface area contributed by atoms with Crippen LogP contribution in [0.4, 0.5) is 0 Å². The summed E-state index contributed by atoms with van der Waals surface area (Å²) in [6.07, 6.45) is 1.82. The lowest BCUT2D eigenvalue weighted by Gasteiger charge is -2.11. The Balaban J connectivity index is 2.92. The Bertz CT molecular complexity index is 629. The molecule has 0 aliphatic heterocycles. The first kappa shape index (κ1) is 11.5. The summed E-state index contributed by atoms with van der Waals surface area (Å²) in [5.41, 5.74) is 0.995. The van der Waals surface area contributed by atoms with Crippen molar-refractivity contribution in [3.05, 3.63) is 34.2 Å². The molecule has 4 nitrogen and oxygen atoms in total. The van der Waals surface area contributed by atoms with Gasteiger partial charge >= 0.3 is 0 Å². The quantitative estimate of drug-likeness (QED) is 0.795. The van der Waals surface area contributed by atoms with Gasteiger partial charge in [-0.05, 0) is 30.0 Å². The van der Waals surface area contributed by atoms with Crippen molar-refractivity contribution in [2.75, 3.05) is 14.2 Å². The third-order valence-corrected chi connectivity index (χ3v) is 2.89. The summed E-state index contributed by atoms with van der Waals surface area (Å²) in [7, 11) is 4.88. The Hall–Kier alpha value is -1.97. The zero-order valence-electron chi connectivity index (χ0n) is 10.4. The molecule has 0 atom stereocenters. The van der Waals surface area contributed by atoms with Gasteiger partial charge in [-0.25, -0.2) is 0 Å². The molecule has 17 heavy (non-hydrogen) atoms. The lowest BCUT2D eigenvalue weighted by Crippen LogP contribution is -2.16. The van der Waals surface area contributed by atoms with Crippen LogP contribution < -0.4 is 15.0 Å². The van der Waals surface area contributed by atoms with E-state index in [9.17, 15) is 4.79 Å². The van der Waals surface area contributed by atoms with Crippen LogP contribution in [0.2, 0.25) is 0 Å². The summed E-state index contributed by atoms with van der Waals surface area (Å²) in [6.45, 7) is 1.97. The molecule has 0 N–H and O–H groups in total. The molecule has 0 radical (unpaired) electrons. The molecule has 0 bridgehead atoms. The number of hydrogen-bond acceptors (Lipinski definition) is 3. The molecule has 0 fully saturated rings. The Kier molecular flexibility index (Phi) is 2.79. The Morgan fingerprint density at radius 3 is 2.12 bits per heavy atom. The number of rotatable bonds is 2. The third kappa shape index (κ3) is 1.75. The monoisotopic (exact) mass is 233 g/mol. The van der Waals surface area contributed by atoms with Gasteiger partial charge in [0.1, 0.15) is 0 Å². The summed E-state index contributed by atoms with van der Waals surface area (Å²) in [5.74, 6) is 1.21. The van der Waals surface area contributed by atoms with E-state index in [1.807, 2.05) is 19.2 Å². The number of aromatic nitrogens is 1. The largest absolute Gasteiger partial charge is 0.493 e. The van der Waals surface area contributed by atoms with Crippen LogP contribution in [0, 0.1) is 6.92 Å². The molecular weight excluding hydrogens is 218 g/mol. The van der Waals surface area contributed by atoms with Crippen molar-refractivity contribution < 1.29 is 9.47 Å². The molecule has 1 aromatic carbocycles. The molecule has 1 heterocycles.